The molecule has 1 aliphatic rings. The molecule has 4 N–H and O–H groups in total. The number of hydrogen-bond acceptors (Lipinski definition) is 3. The quantitative estimate of drug-likeness (QED) is 0.735. The number of nitrogens with two attached hydrogens (primary N) is 1. The van der Waals surface area contributed by atoms with E-state index in [1.165, 1.54) is 0 Å². The first-order chi connectivity index (χ1) is 13.1. The van der Waals surface area contributed by atoms with Crippen molar-refractivity contribution >= 4 is 17.5 Å². The summed E-state index contributed by atoms with van der Waals surface area (Å²) in [7, 11) is 0. The van der Waals surface area contributed by atoms with E-state index in [2.05, 4.69) is 10.6 Å². The standard InChI is InChI=1S/C22H27N3O2/c1-15-8-10-17(11-9-15)21(26)25-19-6-2-4-16(12-19)14-24-22(27)20-7-3-5-18(20)13-23/h2,4,6,8-12,18,20H,3,5,7,13-14,23H2,1H3,(H,24,27)(H,25,26)/t18-,20-/m1/s1. The normalized spacial score (nSPS) is 18.9. The molecule has 0 unspecified atom stereocenters. The molecule has 0 aliphatic heterocycles. The lowest BCUT2D eigenvalue weighted by Gasteiger charge is -2.17. The molecule has 2 aromatic rings. The summed E-state index contributed by atoms with van der Waals surface area (Å²) < 4.78 is 0. The summed E-state index contributed by atoms with van der Waals surface area (Å²) in [5.41, 5.74) is 9.17. The summed E-state index contributed by atoms with van der Waals surface area (Å²) in [6.45, 7) is 3.00. The van der Waals surface area contributed by atoms with Crippen molar-refractivity contribution in [2.75, 3.05) is 11.9 Å². The minimum absolute atomic E-state index is 0.0272. The zero-order valence-corrected chi connectivity index (χ0v) is 15.7. The lowest BCUT2D eigenvalue weighted by atomic mass is 9.95. The fourth-order valence-electron chi connectivity index (χ4n) is 3.65. The van der Waals surface area contributed by atoms with E-state index in [-0.39, 0.29) is 17.7 Å². The molecule has 1 aliphatic carbocycles. The van der Waals surface area contributed by atoms with E-state index < -0.39 is 0 Å². The van der Waals surface area contributed by atoms with Gasteiger partial charge in [-0.25, -0.2) is 0 Å². The first-order valence-corrected chi connectivity index (χ1v) is 9.51. The molecule has 3 rings (SSSR count). The van der Waals surface area contributed by atoms with Crippen LogP contribution in [0.4, 0.5) is 5.69 Å². The van der Waals surface area contributed by atoms with Gasteiger partial charge in [0.25, 0.3) is 5.91 Å². The number of anilines is 1. The molecule has 5 nitrogen and oxygen atoms in total. The van der Waals surface area contributed by atoms with Crippen LogP contribution in [0.3, 0.4) is 0 Å². The molecule has 1 fully saturated rings. The number of nitrogens with one attached hydrogen (secondary N) is 2. The first kappa shape index (κ1) is 19.1. The smallest absolute Gasteiger partial charge is 0.255 e. The van der Waals surface area contributed by atoms with E-state index in [1.54, 1.807) is 0 Å². The molecule has 0 aromatic heterocycles. The van der Waals surface area contributed by atoms with E-state index in [9.17, 15) is 9.59 Å². The van der Waals surface area contributed by atoms with Gasteiger partial charge in [0.1, 0.15) is 0 Å². The molecule has 0 bridgehead atoms. The van der Waals surface area contributed by atoms with E-state index in [1.807, 2.05) is 55.5 Å². The van der Waals surface area contributed by atoms with Crippen molar-refractivity contribution in [1.29, 1.82) is 0 Å². The second-order valence-electron chi connectivity index (χ2n) is 7.27. The third kappa shape index (κ3) is 4.95. The van der Waals surface area contributed by atoms with Crippen LogP contribution < -0.4 is 16.4 Å². The third-order valence-electron chi connectivity index (χ3n) is 5.26. The van der Waals surface area contributed by atoms with Crippen molar-refractivity contribution in [3.05, 3.63) is 65.2 Å². The van der Waals surface area contributed by atoms with Gasteiger partial charge < -0.3 is 16.4 Å². The van der Waals surface area contributed by atoms with Crippen LogP contribution >= 0.6 is 0 Å². The van der Waals surface area contributed by atoms with Crippen molar-refractivity contribution in [3.8, 4) is 0 Å². The van der Waals surface area contributed by atoms with Crippen molar-refractivity contribution in [2.24, 2.45) is 17.6 Å². The summed E-state index contributed by atoms with van der Waals surface area (Å²) in [6.07, 6.45) is 3.02. The average molecular weight is 365 g/mol. The number of carbonyl (C=O) groups excluding carboxylic acids is 2. The average Bonchev–Trinajstić information content (AvgIpc) is 3.16. The first-order valence-electron chi connectivity index (χ1n) is 9.51. The molecular formula is C22H27N3O2. The highest BCUT2D eigenvalue weighted by atomic mass is 16.2. The second kappa shape index (κ2) is 8.82. The Labute approximate surface area is 160 Å². The van der Waals surface area contributed by atoms with E-state index in [0.717, 1.165) is 30.4 Å². The van der Waals surface area contributed by atoms with Gasteiger partial charge >= 0.3 is 0 Å². The summed E-state index contributed by atoms with van der Waals surface area (Å²) >= 11 is 0. The number of amides is 2. The topological polar surface area (TPSA) is 84.2 Å². The Bertz CT molecular complexity index is 801. The summed E-state index contributed by atoms with van der Waals surface area (Å²) in [4.78, 5) is 24.8. The Hall–Kier alpha value is -2.66. The molecule has 142 valence electrons. The lowest BCUT2D eigenvalue weighted by Crippen LogP contribution is -2.34. The number of hydrogen-bond donors (Lipinski definition) is 3. The SMILES string of the molecule is Cc1ccc(C(=O)Nc2cccc(CNC(=O)[C@@H]3CCC[C@@H]3CN)c2)cc1. The second-order valence-corrected chi connectivity index (χ2v) is 7.27. The van der Waals surface area contributed by atoms with Crippen LogP contribution in [0.1, 0.15) is 40.7 Å². The van der Waals surface area contributed by atoms with Gasteiger partial charge in [-0.2, -0.15) is 0 Å². The molecular weight excluding hydrogens is 338 g/mol. The molecule has 5 heteroatoms. The van der Waals surface area contributed by atoms with E-state index in [4.69, 9.17) is 5.73 Å². The van der Waals surface area contributed by atoms with Crippen LogP contribution in [-0.2, 0) is 11.3 Å². The largest absolute Gasteiger partial charge is 0.352 e. The van der Waals surface area contributed by atoms with Crippen LogP contribution in [0.25, 0.3) is 0 Å². The zero-order valence-electron chi connectivity index (χ0n) is 15.7. The van der Waals surface area contributed by atoms with Crippen LogP contribution in [-0.4, -0.2) is 18.4 Å². The van der Waals surface area contributed by atoms with Gasteiger partial charge in [-0.15, -0.1) is 0 Å². The Kier molecular flexibility index (Phi) is 6.24. The van der Waals surface area contributed by atoms with Crippen LogP contribution in [0.5, 0.6) is 0 Å². The van der Waals surface area contributed by atoms with Crippen LogP contribution in [0.2, 0.25) is 0 Å². The predicted molar refractivity (Wildman–Crippen MR) is 107 cm³/mol. The predicted octanol–water partition coefficient (Wildman–Crippen LogP) is 3.24. The van der Waals surface area contributed by atoms with Gasteiger partial charge in [0, 0.05) is 23.7 Å². The maximum Gasteiger partial charge on any atom is 0.255 e. The van der Waals surface area contributed by atoms with E-state index >= 15 is 0 Å². The Morgan fingerprint density at radius 1 is 1.11 bits per heavy atom. The number of aryl methyl sites for hydroxylation is 1. The number of rotatable bonds is 6. The van der Waals surface area contributed by atoms with Crippen LogP contribution in [0, 0.1) is 18.8 Å². The van der Waals surface area contributed by atoms with Gasteiger partial charge in [0.2, 0.25) is 5.91 Å². The molecule has 2 aromatic carbocycles. The van der Waals surface area contributed by atoms with Gasteiger partial charge in [-0.3, -0.25) is 9.59 Å². The van der Waals surface area contributed by atoms with Crippen molar-refractivity contribution < 1.29 is 9.59 Å². The molecule has 27 heavy (non-hydrogen) atoms. The number of benzene rings is 2. The molecule has 0 heterocycles. The Balaban J connectivity index is 1.58. The van der Waals surface area contributed by atoms with Crippen molar-refractivity contribution in [2.45, 2.75) is 32.7 Å². The highest BCUT2D eigenvalue weighted by Crippen LogP contribution is 2.31. The zero-order chi connectivity index (χ0) is 19.2. The van der Waals surface area contributed by atoms with Crippen LogP contribution in [0.15, 0.2) is 48.5 Å². The lowest BCUT2D eigenvalue weighted by molar-refractivity contribution is -0.126. The number of carbonyl (C=O) groups is 2. The van der Waals surface area contributed by atoms with Gasteiger partial charge in [0.15, 0.2) is 0 Å². The molecule has 1 saturated carbocycles. The maximum atomic E-state index is 12.4. The molecule has 0 spiro atoms. The van der Waals surface area contributed by atoms with Gasteiger partial charge in [-0.05, 0) is 62.1 Å². The minimum atomic E-state index is -0.145. The Morgan fingerprint density at radius 2 is 1.89 bits per heavy atom. The Morgan fingerprint density at radius 3 is 2.63 bits per heavy atom. The van der Waals surface area contributed by atoms with Crippen molar-refractivity contribution in [1.82, 2.24) is 5.32 Å². The molecule has 0 saturated heterocycles. The molecule has 2 amide bonds. The van der Waals surface area contributed by atoms with Gasteiger partial charge in [0.05, 0.1) is 0 Å². The maximum absolute atomic E-state index is 12.4. The monoisotopic (exact) mass is 365 g/mol. The molecule has 0 radical (unpaired) electrons. The van der Waals surface area contributed by atoms with E-state index in [0.29, 0.717) is 30.3 Å². The summed E-state index contributed by atoms with van der Waals surface area (Å²) in [6, 6.07) is 15.0. The van der Waals surface area contributed by atoms with Gasteiger partial charge in [-0.1, -0.05) is 36.2 Å². The summed E-state index contributed by atoms with van der Waals surface area (Å²) in [5.74, 6) is 0.259. The third-order valence-corrected chi connectivity index (χ3v) is 5.26. The highest BCUT2D eigenvalue weighted by molar-refractivity contribution is 6.04. The van der Waals surface area contributed by atoms with Crippen molar-refractivity contribution in [3.63, 3.8) is 0 Å². The fraction of sp³-hybridized carbons (Fsp3) is 0.364. The highest BCUT2D eigenvalue weighted by Gasteiger charge is 2.31. The molecule has 2 atom stereocenters. The summed E-state index contributed by atoms with van der Waals surface area (Å²) in [5, 5.41) is 5.93. The fourth-order valence-corrected chi connectivity index (χ4v) is 3.65. The minimum Gasteiger partial charge on any atom is -0.352 e.